The predicted octanol–water partition coefficient (Wildman–Crippen LogP) is 3.81. The number of carbonyl (C=O) groups excluding carboxylic acids is 1. The van der Waals surface area contributed by atoms with Gasteiger partial charge < -0.3 is 9.73 Å². The van der Waals surface area contributed by atoms with Crippen LogP contribution in [-0.2, 0) is 11.2 Å². The monoisotopic (exact) mass is 400 g/mol. The summed E-state index contributed by atoms with van der Waals surface area (Å²) in [6, 6.07) is 7.63. The van der Waals surface area contributed by atoms with Crippen LogP contribution in [0, 0.1) is 25.2 Å². The zero-order valence-electron chi connectivity index (χ0n) is 16.8. The highest BCUT2D eigenvalue weighted by Crippen LogP contribution is 2.40. The molecule has 30 heavy (non-hydrogen) atoms. The quantitative estimate of drug-likeness (QED) is 0.546. The molecule has 0 atom stereocenters. The summed E-state index contributed by atoms with van der Waals surface area (Å²) in [4.78, 5) is 21.6. The minimum Gasteiger partial charge on any atom is -0.440 e. The summed E-state index contributed by atoms with van der Waals surface area (Å²) in [5, 5.41) is 16.4. The minimum absolute atomic E-state index is 0.0858. The van der Waals surface area contributed by atoms with Crippen molar-refractivity contribution in [3.8, 4) is 6.07 Å². The van der Waals surface area contributed by atoms with E-state index in [1.165, 1.54) is 6.20 Å². The molecule has 0 saturated heterocycles. The number of amides is 1. The first-order valence-corrected chi connectivity index (χ1v) is 9.97. The molecule has 0 aliphatic heterocycles. The number of oxazole rings is 1. The summed E-state index contributed by atoms with van der Waals surface area (Å²) in [6.45, 7) is 3.82. The van der Waals surface area contributed by atoms with Gasteiger partial charge >= 0.3 is 0 Å². The van der Waals surface area contributed by atoms with Gasteiger partial charge in [0.15, 0.2) is 17.1 Å². The summed E-state index contributed by atoms with van der Waals surface area (Å²) in [7, 11) is 0. The predicted molar refractivity (Wildman–Crippen MR) is 110 cm³/mol. The van der Waals surface area contributed by atoms with Crippen molar-refractivity contribution in [2.75, 3.05) is 5.32 Å². The summed E-state index contributed by atoms with van der Waals surface area (Å²) in [6.07, 6.45) is 4.62. The van der Waals surface area contributed by atoms with E-state index in [0.29, 0.717) is 35.7 Å². The Hall–Kier alpha value is -3.73. The molecule has 5 rings (SSSR count). The lowest BCUT2D eigenvalue weighted by Gasteiger charge is -2.11. The van der Waals surface area contributed by atoms with Gasteiger partial charge in [0, 0.05) is 29.4 Å². The molecule has 1 aromatic carbocycles. The number of aromatic nitrogens is 4. The molecule has 0 bridgehead atoms. The van der Waals surface area contributed by atoms with Crippen molar-refractivity contribution in [1.29, 1.82) is 5.26 Å². The molecule has 8 heteroatoms. The van der Waals surface area contributed by atoms with Crippen molar-refractivity contribution in [3.63, 3.8) is 0 Å². The van der Waals surface area contributed by atoms with Crippen LogP contribution < -0.4 is 5.32 Å². The average Bonchev–Trinajstić information content (AvgIpc) is 3.36. The molecule has 1 saturated carbocycles. The normalized spacial score (nSPS) is 13.6. The number of nitrogens with zero attached hydrogens (tertiary/aromatic N) is 5. The summed E-state index contributed by atoms with van der Waals surface area (Å²) >= 11 is 0. The van der Waals surface area contributed by atoms with Crippen molar-refractivity contribution in [1.82, 2.24) is 19.6 Å². The maximum atomic E-state index is 12.5. The molecular weight excluding hydrogens is 380 g/mol. The van der Waals surface area contributed by atoms with Gasteiger partial charge in [0.05, 0.1) is 6.20 Å². The van der Waals surface area contributed by atoms with Crippen LogP contribution in [0.2, 0.25) is 0 Å². The Balaban J connectivity index is 1.30. The number of hydrogen-bond acceptors (Lipinski definition) is 6. The number of nitrogens with one attached hydrogen (secondary N) is 1. The fourth-order valence-electron chi connectivity index (χ4n) is 3.74. The van der Waals surface area contributed by atoms with Gasteiger partial charge in [0.2, 0.25) is 5.91 Å². The van der Waals surface area contributed by atoms with Gasteiger partial charge in [-0.3, -0.25) is 4.79 Å². The van der Waals surface area contributed by atoms with E-state index in [2.05, 4.69) is 26.5 Å². The molecule has 8 nitrogen and oxygen atoms in total. The molecule has 3 aromatic heterocycles. The molecule has 4 aromatic rings. The van der Waals surface area contributed by atoms with E-state index in [1.807, 2.05) is 32.0 Å². The second-order valence-electron chi connectivity index (χ2n) is 7.72. The molecule has 150 valence electrons. The number of carbonyl (C=O) groups is 1. The van der Waals surface area contributed by atoms with E-state index in [4.69, 9.17) is 4.42 Å². The number of fused-ring (bicyclic) bond motifs is 2. The minimum atomic E-state index is -0.0858. The Kier molecular flexibility index (Phi) is 4.24. The van der Waals surface area contributed by atoms with E-state index >= 15 is 0 Å². The topological polar surface area (TPSA) is 109 Å². The zero-order valence-corrected chi connectivity index (χ0v) is 16.8. The first-order valence-electron chi connectivity index (χ1n) is 9.97. The van der Waals surface area contributed by atoms with Crippen molar-refractivity contribution in [2.45, 2.75) is 45.4 Å². The van der Waals surface area contributed by atoms with Gasteiger partial charge in [-0.1, -0.05) is 0 Å². The van der Waals surface area contributed by atoms with E-state index < -0.39 is 0 Å². The Morgan fingerprint density at radius 3 is 2.93 bits per heavy atom. The van der Waals surface area contributed by atoms with Gasteiger partial charge in [-0.2, -0.15) is 10.4 Å². The van der Waals surface area contributed by atoms with Crippen LogP contribution in [-0.4, -0.2) is 25.5 Å². The van der Waals surface area contributed by atoms with Crippen molar-refractivity contribution < 1.29 is 9.21 Å². The van der Waals surface area contributed by atoms with Gasteiger partial charge in [0.1, 0.15) is 17.1 Å². The van der Waals surface area contributed by atoms with E-state index in [0.717, 1.165) is 46.8 Å². The number of rotatable bonds is 5. The summed E-state index contributed by atoms with van der Waals surface area (Å²) in [5.41, 5.74) is 5.87. The van der Waals surface area contributed by atoms with Crippen LogP contribution in [0.4, 0.5) is 5.69 Å². The molecule has 0 spiro atoms. The van der Waals surface area contributed by atoms with Crippen LogP contribution >= 0.6 is 0 Å². The Morgan fingerprint density at radius 1 is 1.33 bits per heavy atom. The van der Waals surface area contributed by atoms with Crippen molar-refractivity contribution in [2.24, 2.45) is 0 Å². The van der Waals surface area contributed by atoms with Gasteiger partial charge in [-0.25, -0.2) is 14.5 Å². The maximum absolute atomic E-state index is 12.5. The van der Waals surface area contributed by atoms with E-state index in [1.54, 1.807) is 4.52 Å². The van der Waals surface area contributed by atoms with Crippen molar-refractivity contribution in [3.05, 3.63) is 52.8 Å². The third-order valence-corrected chi connectivity index (χ3v) is 5.55. The lowest BCUT2D eigenvalue weighted by Crippen LogP contribution is -2.14. The standard InChI is InChI=1S/C22H20N6O2/c1-12-17(13(2)28-21(25-12)15(10-23)11-24-28)6-8-20(29)26-16-5-7-19-18(9-16)27-22(30-19)14-3-4-14/h5,7,9,11,14H,3-4,6,8H2,1-2H3,(H,26,29). The lowest BCUT2D eigenvalue weighted by molar-refractivity contribution is -0.116. The Morgan fingerprint density at radius 2 is 2.17 bits per heavy atom. The van der Waals surface area contributed by atoms with Crippen molar-refractivity contribution >= 4 is 28.3 Å². The zero-order chi connectivity index (χ0) is 20.8. The second-order valence-corrected chi connectivity index (χ2v) is 7.72. The smallest absolute Gasteiger partial charge is 0.224 e. The SMILES string of the molecule is Cc1nc2c(C#N)cnn2c(C)c1CCC(=O)Nc1ccc2oc(C3CC3)nc2c1. The second kappa shape index (κ2) is 6.95. The fraction of sp³-hybridized carbons (Fsp3) is 0.318. The van der Waals surface area contributed by atoms with Gasteiger partial charge in [-0.15, -0.1) is 0 Å². The van der Waals surface area contributed by atoms with Crippen LogP contribution in [0.15, 0.2) is 28.8 Å². The summed E-state index contributed by atoms with van der Waals surface area (Å²) < 4.78 is 7.43. The molecule has 1 aliphatic carbocycles. The van der Waals surface area contributed by atoms with E-state index in [9.17, 15) is 10.1 Å². The van der Waals surface area contributed by atoms with Crippen LogP contribution in [0.25, 0.3) is 16.7 Å². The molecule has 0 radical (unpaired) electrons. The van der Waals surface area contributed by atoms with Gasteiger partial charge in [0.25, 0.3) is 0 Å². The largest absolute Gasteiger partial charge is 0.440 e. The maximum Gasteiger partial charge on any atom is 0.224 e. The molecule has 1 N–H and O–H groups in total. The number of nitriles is 1. The summed E-state index contributed by atoms with van der Waals surface area (Å²) in [5.74, 6) is 1.16. The highest BCUT2D eigenvalue weighted by atomic mass is 16.3. The van der Waals surface area contributed by atoms with Gasteiger partial charge in [-0.05, 0) is 56.9 Å². The molecule has 1 aliphatic rings. The Labute approximate surface area is 172 Å². The molecular formula is C22H20N6O2. The first-order chi connectivity index (χ1) is 14.5. The Bertz CT molecular complexity index is 1340. The number of anilines is 1. The first kappa shape index (κ1) is 18.3. The molecule has 1 fully saturated rings. The average molecular weight is 400 g/mol. The third-order valence-electron chi connectivity index (χ3n) is 5.55. The fourth-order valence-corrected chi connectivity index (χ4v) is 3.74. The highest BCUT2D eigenvalue weighted by molar-refractivity contribution is 5.92. The van der Waals surface area contributed by atoms with E-state index in [-0.39, 0.29) is 5.91 Å². The number of benzene rings is 1. The number of aryl methyl sites for hydroxylation is 2. The lowest BCUT2D eigenvalue weighted by atomic mass is 10.1. The molecule has 3 heterocycles. The van der Waals surface area contributed by atoms with Crippen LogP contribution in [0.1, 0.15) is 53.6 Å². The number of hydrogen-bond donors (Lipinski definition) is 1. The van der Waals surface area contributed by atoms with Crippen LogP contribution in [0.3, 0.4) is 0 Å². The highest BCUT2D eigenvalue weighted by Gasteiger charge is 2.28. The molecule has 1 amide bonds. The molecule has 0 unspecified atom stereocenters. The van der Waals surface area contributed by atoms with Crippen LogP contribution in [0.5, 0.6) is 0 Å². The third kappa shape index (κ3) is 3.18.